The highest BCUT2D eigenvalue weighted by molar-refractivity contribution is 6.30. The van der Waals surface area contributed by atoms with Crippen molar-refractivity contribution in [2.24, 2.45) is 0 Å². The molecule has 1 aliphatic heterocycles. The highest BCUT2D eigenvalue weighted by Gasteiger charge is 2.51. The average molecular weight is 449 g/mol. The van der Waals surface area contributed by atoms with Crippen LogP contribution in [0.2, 0.25) is 5.02 Å². The van der Waals surface area contributed by atoms with Crippen LogP contribution in [0.25, 0.3) is 0 Å². The summed E-state index contributed by atoms with van der Waals surface area (Å²) >= 11 is 5.88. The second kappa shape index (κ2) is 8.57. The molecule has 0 spiro atoms. The van der Waals surface area contributed by atoms with Crippen molar-refractivity contribution in [2.45, 2.75) is 18.9 Å². The molecule has 1 heterocycles. The number of nitrogens with zero attached hydrogens (tertiary/aromatic N) is 1. The molecule has 3 aromatic rings. The number of aliphatic hydroxyl groups is 1. The Morgan fingerprint density at radius 1 is 1.00 bits per heavy atom. The van der Waals surface area contributed by atoms with Crippen LogP contribution in [0.1, 0.15) is 27.9 Å². The lowest BCUT2D eigenvalue weighted by atomic mass is 9.88. The van der Waals surface area contributed by atoms with Crippen molar-refractivity contribution in [1.82, 2.24) is 0 Å². The molecule has 0 saturated heterocycles. The standard InChI is InChI=1S/C25H21ClN2O4/c1-16-6-12-19(13-7-16)27-23(30)15-28-21-5-3-2-4-20(21)25(32,24(28)31)14-22(29)17-8-10-18(26)11-9-17/h2-13,32H,14-15H2,1H3,(H,27,30)/t25-/m0/s1. The fraction of sp³-hybridized carbons (Fsp3) is 0.160. The number of hydrogen-bond donors (Lipinski definition) is 2. The topological polar surface area (TPSA) is 86.7 Å². The monoisotopic (exact) mass is 448 g/mol. The van der Waals surface area contributed by atoms with E-state index in [1.54, 1.807) is 60.7 Å². The Morgan fingerprint density at radius 2 is 1.66 bits per heavy atom. The summed E-state index contributed by atoms with van der Waals surface area (Å²) in [6, 6.07) is 20.2. The molecule has 2 amide bonds. The van der Waals surface area contributed by atoms with Crippen LogP contribution in [0.3, 0.4) is 0 Å². The first kappa shape index (κ1) is 21.7. The zero-order valence-electron chi connectivity index (χ0n) is 17.3. The smallest absolute Gasteiger partial charge is 0.264 e. The third-order valence-corrected chi connectivity index (χ3v) is 5.71. The van der Waals surface area contributed by atoms with Gasteiger partial charge in [-0.2, -0.15) is 0 Å². The third-order valence-electron chi connectivity index (χ3n) is 5.46. The summed E-state index contributed by atoms with van der Waals surface area (Å²) < 4.78 is 0. The van der Waals surface area contributed by atoms with Crippen molar-refractivity contribution in [3.8, 4) is 0 Å². The van der Waals surface area contributed by atoms with Gasteiger partial charge in [0.25, 0.3) is 5.91 Å². The Hall–Kier alpha value is -3.48. The van der Waals surface area contributed by atoms with Gasteiger partial charge in [-0.1, -0.05) is 47.5 Å². The van der Waals surface area contributed by atoms with Gasteiger partial charge in [0.05, 0.1) is 12.1 Å². The Balaban J connectivity index is 1.57. The number of para-hydroxylation sites is 1. The summed E-state index contributed by atoms with van der Waals surface area (Å²) in [4.78, 5) is 39.9. The van der Waals surface area contributed by atoms with Gasteiger partial charge in [-0.05, 0) is 49.4 Å². The number of aryl methyl sites for hydroxylation is 1. The first-order valence-electron chi connectivity index (χ1n) is 10.1. The van der Waals surface area contributed by atoms with Crippen LogP contribution >= 0.6 is 11.6 Å². The molecule has 3 aromatic carbocycles. The first-order chi connectivity index (χ1) is 15.3. The molecule has 0 saturated carbocycles. The lowest BCUT2D eigenvalue weighted by Gasteiger charge is -2.22. The zero-order chi connectivity index (χ0) is 22.9. The van der Waals surface area contributed by atoms with E-state index in [-0.39, 0.29) is 6.54 Å². The van der Waals surface area contributed by atoms with Crippen molar-refractivity contribution in [1.29, 1.82) is 0 Å². The van der Waals surface area contributed by atoms with Crippen LogP contribution in [0, 0.1) is 6.92 Å². The van der Waals surface area contributed by atoms with Crippen molar-refractivity contribution in [2.75, 3.05) is 16.8 Å². The van der Waals surface area contributed by atoms with E-state index in [0.29, 0.717) is 27.5 Å². The highest BCUT2D eigenvalue weighted by atomic mass is 35.5. The largest absolute Gasteiger partial charge is 0.375 e. The Labute approximate surface area is 190 Å². The number of ketones is 1. The molecule has 0 aliphatic carbocycles. The van der Waals surface area contributed by atoms with Gasteiger partial charge in [0.15, 0.2) is 11.4 Å². The molecular formula is C25H21ClN2O4. The zero-order valence-corrected chi connectivity index (χ0v) is 18.1. The summed E-state index contributed by atoms with van der Waals surface area (Å²) in [5.41, 5.74) is 0.648. The number of hydrogen-bond acceptors (Lipinski definition) is 4. The lowest BCUT2D eigenvalue weighted by Crippen LogP contribution is -2.44. The van der Waals surface area contributed by atoms with Crippen molar-refractivity contribution < 1.29 is 19.5 Å². The maximum Gasteiger partial charge on any atom is 0.264 e. The number of carbonyl (C=O) groups excluding carboxylic acids is 3. The molecule has 0 bridgehead atoms. The number of nitrogens with one attached hydrogen (secondary N) is 1. The molecule has 0 aromatic heterocycles. The molecule has 1 aliphatic rings. The van der Waals surface area contributed by atoms with Crippen LogP contribution in [0.5, 0.6) is 0 Å². The Kier molecular flexibility index (Phi) is 5.82. The summed E-state index contributed by atoms with van der Waals surface area (Å²) in [6.07, 6.45) is -0.444. The van der Waals surface area contributed by atoms with Gasteiger partial charge in [0, 0.05) is 21.8 Å². The first-order valence-corrected chi connectivity index (χ1v) is 10.4. The maximum atomic E-state index is 13.3. The van der Waals surface area contributed by atoms with Crippen LogP contribution in [-0.4, -0.2) is 29.2 Å². The molecule has 1 atom stereocenters. The van der Waals surface area contributed by atoms with Gasteiger partial charge in [0.1, 0.15) is 6.54 Å². The predicted molar refractivity (Wildman–Crippen MR) is 123 cm³/mol. The van der Waals surface area contributed by atoms with Crippen LogP contribution < -0.4 is 10.2 Å². The number of carbonyl (C=O) groups is 3. The molecule has 7 heteroatoms. The molecule has 0 fully saturated rings. The molecule has 4 rings (SSSR count). The second-order valence-electron chi connectivity index (χ2n) is 7.79. The predicted octanol–water partition coefficient (Wildman–Crippen LogP) is 4.09. The van der Waals surface area contributed by atoms with Gasteiger partial charge >= 0.3 is 0 Å². The normalized spacial score (nSPS) is 17.2. The third kappa shape index (κ3) is 4.15. The number of rotatable bonds is 6. The molecule has 0 radical (unpaired) electrons. The molecule has 162 valence electrons. The van der Waals surface area contributed by atoms with E-state index in [1.165, 1.54) is 4.90 Å². The minimum absolute atomic E-state index is 0.291. The number of amides is 2. The highest BCUT2D eigenvalue weighted by Crippen LogP contribution is 2.42. The number of anilines is 2. The minimum atomic E-state index is -2.06. The Bertz CT molecular complexity index is 1190. The number of halogens is 1. The maximum absolute atomic E-state index is 13.3. The SMILES string of the molecule is Cc1ccc(NC(=O)CN2C(=O)[C@](O)(CC(=O)c3ccc(Cl)cc3)c3ccccc32)cc1. The van der Waals surface area contributed by atoms with Gasteiger partial charge in [-0.25, -0.2) is 0 Å². The number of benzene rings is 3. The molecular weight excluding hydrogens is 428 g/mol. The summed E-state index contributed by atoms with van der Waals surface area (Å²) in [7, 11) is 0. The van der Waals surface area contributed by atoms with E-state index in [2.05, 4.69) is 5.32 Å². The number of fused-ring (bicyclic) bond motifs is 1. The lowest BCUT2D eigenvalue weighted by molar-refractivity contribution is -0.136. The van der Waals surface area contributed by atoms with Gasteiger partial charge in [-0.3, -0.25) is 19.3 Å². The van der Waals surface area contributed by atoms with Crippen LogP contribution in [0.4, 0.5) is 11.4 Å². The van der Waals surface area contributed by atoms with E-state index in [0.717, 1.165) is 5.56 Å². The minimum Gasteiger partial charge on any atom is -0.375 e. The van der Waals surface area contributed by atoms with Crippen molar-refractivity contribution in [3.05, 3.63) is 94.5 Å². The molecule has 0 unspecified atom stereocenters. The van der Waals surface area contributed by atoms with Crippen LogP contribution in [0.15, 0.2) is 72.8 Å². The Morgan fingerprint density at radius 3 is 2.34 bits per heavy atom. The summed E-state index contributed by atoms with van der Waals surface area (Å²) in [5, 5.41) is 14.6. The van der Waals surface area contributed by atoms with Crippen molar-refractivity contribution >= 4 is 40.6 Å². The number of Topliss-reactive ketones (excluding diaryl/α,β-unsaturated/α-hetero) is 1. The van der Waals surface area contributed by atoms with Crippen molar-refractivity contribution in [3.63, 3.8) is 0 Å². The van der Waals surface area contributed by atoms with Gasteiger partial charge < -0.3 is 10.4 Å². The van der Waals surface area contributed by atoms with Crippen LogP contribution in [-0.2, 0) is 15.2 Å². The average Bonchev–Trinajstić information content (AvgIpc) is 2.98. The fourth-order valence-corrected chi connectivity index (χ4v) is 3.91. The van der Waals surface area contributed by atoms with E-state index < -0.39 is 29.6 Å². The van der Waals surface area contributed by atoms with E-state index >= 15 is 0 Å². The summed E-state index contributed by atoms with van der Waals surface area (Å²) in [6.45, 7) is 1.65. The molecule has 32 heavy (non-hydrogen) atoms. The van der Waals surface area contributed by atoms with Gasteiger partial charge in [0.2, 0.25) is 5.91 Å². The van der Waals surface area contributed by atoms with E-state index in [4.69, 9.17) is 11.6 Å². The fourth-order valence-electron chi connectivity index (χ4n) is 3.79. The van der Waals surface area contributed by atoms with Gasteiger partial charge in [-0.15, -0.1) is 0 Å². The molecule has 6 nitrogen and oxygen atoms in total. The quantitative estimate of drug-likeness (QED) is 0.556. The molecule has 2 N–H and O–H groups in total. The van der Waals surface area contributed by atoms with E-state index in [1.807, 2.05) is 19.1 Å². The summed E-state index contributed by atoms with van der Waals surface area (Å²) in [5.74, 6) is -1.52. The second-order valence-corrected chi connectivity index (χ2v) is 8.23. The van der Waals surface area contributed by atoms with E-state index in [9.17, 15) is 19.5 Å².